The van der Waals surface area contributed by atoms with Gasteiger partial charge in [-0.1, -0.05) is 15.9 Å². The highest BCUT2D eigenvalue weighted by molar-refractivity contribution is 9.10. The van der Waals surface area contributed by atoms with Crippen molar-refractivity contribution in [3.8, 4) is 11.6 Å². The molecule has 0 aliphatic rings. The Morgan fingerprint density at radius 2 is 1.87 bits per heavy atom. The number of nitrogens with zero attached hydrogens (tertiary/aromatic N) is 4. The number of hydrogen-bond acceptors (Lipinski definition) is 5. The number of halogens is 1. The molecule has 0 unspecified atom stereocenters. The molecule has 0 saturated carbocycles. The summed E-state index contributed by atoms with van der Waals surface area (Å²) in [4.78, 5) is 23.4. The maximum atomic E-state index is 11.2. The number of hydrogen-bond donors (Lipinski definition) is 0. The molecule has 0 spiro atoms. The van der Waals surface area contributed by atoms with Crippen molar-refractivity contribution in [3.05, 3.63) is 41.1 Å². The Morgan fingerprint density at radius 3 is 2.52 bits per heavy atom. The highest BCUT2D eigenvalue weighted by atomic mass is 79.9. The first-order valence-corrected chi connectivity index (χ1v) is 7.93. The second-order valence-electron chi connectivity index (χ2n) is 5.13. The van der Waals surface area contributed by atoms with E-state index in [0.29, 0.717) is 30.5 Å². The number of benzene rings is 1. The fourth-order valence-electron chi connectivity index (χ4n) is 1.77. The van der Waals surface area contributed by atoms with Crippen molar-refractivity contribution in [2.75, 3.05) is 32.1 Å². The van der Waals surface area contributed by atoms with Crippen molar-refractivity contribution in [2.24, 2.45) is 0 Å². The first-order valence-electron chi connectivity index (χ1n) is 7.14. The molecular formula is C16H19BrN4O2. The SMILES string of the molecule is CC(=O)N(C)CCN(C)c1cncc(Oc2ccc(Br)cc2)n1. The Morgan fingerprint density at radius 1 is 1.17 bits per heavy atom. The third-order valence-corrected chi connectivity index (χ3v) is 3.86. The van der Waals surface area contributed by atoms with Crippen molar-refractivity contribution >= 4 is 27.7 Å². The van der Waals surface area contributed by atoms with E-state index in [2.05, 4.69) is 25.9 Å². The monoisotopic (exact) mass is 378 g/mol. The Hall–Kier alpha value is -2.15. The van der Waals surface area contributed by atoms with Crippen LogP contribution in [0.25, 0.3) is 0 Å². The van der Waals surface area contributed by atoms with E-state index in [4.69, 9.17) is 4.74 Å². The molecule has 1 amide bonds. The number of aromatic nitrogens is 2. The Balaban J connectivity index is 2.01. The van der Waals surface area contributed by atoms with Crippen LogP contribution in [0, 0.1) is 0 Å². The first kappa shape index (κ1) is 17.2. The number of rotatable bonds is 6. The standard InChI is InChI=1S/C16H19BrN4O2/c1-12(22)20(2)8-9-21(3)15-10-18-11-16(19-15)23-14-6-4-13(17)5-7-14/h4-7,10-11H,8-9H2,1-3H3. The van der Waals surface area contributed by atoms with E-state index in [-0.39, 0.29) is 5.91 Å². The summed E-state index contributed by atoms with van der Waals surface area (Å²) in [6, 6.07) is 7.50. The zero-order valence-electron chi connectivity index (χ0n) is 13.4. The number of likely N-dealkylation sites (N-methyl/N-ethyl adjacent to an activating group) is 2. The lowest BCUT2D eigenvalue weighted by molar-refractivity contribution is -0.127. The number of amides is 1. The van der Waals surface area contributed by atoms with Gasteiger partial charge in [0.15, 0.2) is 5.82 Å². The van der Waals surface area contributed by atoms with Crippen LogP contribution in [0.2, 0.25) is 0 Å². The molecule has 23 heavy (non-hydrogen) atoms. The topological polar surface area (TPSA) is 58.6 Å². The Labute approximate surface area is 144 Å². The van der Waals surface area contributed by atoms with Crippen LogP contribution < -0.4 is 9.64 Å². The van der Waals surface area contributed by atoms with Crippen molar-refractivity contribution in [3.63, 3.8) is 0 Å². The summed E-state index contributed by atoms with van der Waals surface area (Å²) < 4.78 is 6.69. The van der Waals surface area contributed by atoms with Crippen molar-refractivity contribution in [2.45, 2.75) is 6.92 Å². The smallest absolute Gasteiger partial charge is 0.239 e. The van der Waals surface area contributed by atoms with Crippen LogP contribution in [0.15, 0.2) is 41.1 Å². The molecule has 6 nitrogen and oxygen atoms in total. The molecule has 7 heteroatoms. The minimum atomic E-state index is 0.0387. The highest BCUT2D eigenvalue weighted by Crippen LogP contribution is 2.22. The van der Waals surface area contributed by atoms with Crippen LogP contribution in [0.1, 0.15) is 6.92 Å². The predicted octanol–water partition coefficient (Wildman–Crippen LogP) is 2.95. The zero-order valence-corrected chi connectivity index (χ0v) is 14.9. The third-order valence-electron chi connectivity index (χ3n) is 3.34. The van der Waals surface area contributed by atoms with Gasteiger partial charge < -0.3 is 14.5 Å². The molecule has 1 aromatic heterocycles. The van der Waals surface area contributed by atoms with E-state index in [9.17, 15) is 4.79 Å². The first-order chi connectivity index (χ1) is 11.0. The van der Waals surface area contributed by atoms with Gasteiger partial charge in [-0.25, -0.2) is 0 Å². The van der Waals surface area contributed by atoms with Gasteiger partial charge in [0.25, 0.3) is 0 Å². The van der Waals surface area contributed by atoms with Gasteiger partial charge in [-0.2, -0.15) is 4.98 Å². The van der Waals surface area contributed by atoms with Gasteiger partial charge in [0, 0.05) is 38.6 Å². The van der Waals surface area contributed by atoms with Gasteiger partial charge in [0.05, 0.1) is 12.4 Å². The second-order valence-corrected chi connectivity index (χ2v) is 6.05. The summed E-state index contributed by atoms with van der Waals surface area (Å²) >= 11 is 3.38. The average molecular weight is 379 g/mol. The minimum absolute atomic E-state index is 0.0387. The molecule has 0 radical (unpaired) electrons. The number of ether oxygens (including phenoxy) is 1. The molecule has 0 bridgehead atoms. The Kier molecular flexibility index (Phi) is 5.92. The third kappa shape index (κ3) is 5.21. The molecule has 122 valence electrons. The van der Waals surface area contributed by atoms with E-state index in [0.717, 1.165) is 4.47 Å². The van der Waals surface area contributed by atoms with Crippen LogP contribution in [0.5, 0.6) is 11.6 Å². The van der Waals surface area contributed by atoms with Crippen LogP contribution >= 0.6 is 15.9 Å². The van der Waals surface area contributed by atoms with Gasteiger partial charge in [0.2, 0.25) is 11.8 Å². The van der Waals surface area contributed by atoms with Crippen LogP contribution in [0.4, 0.5) is 5.82 Å². The van der Waals surface area contributed by atoms with E-state index < -0.39 is 0 Å². The molecule has 0 aliphatic heterocycles. The predicted molar refractivity (Wildman–Crippen MR) is 92.8 cm³/mol. The van der Waals surface area contributed by atoms with E-state index >= 15 is 0 Å². The molecular weight excluding hydrogens is 360 g/mol. The second kappa shape index (κ2) is 7.92. The molecule has 2 aromatic rings. The van der Waals surface area contributed by atoms with Crippen molar-refractivity contribution < 1.29 is 9.53 Å². The van der Waals surface area contributed by atoms with Gasteiger partial charge >= 0.3 is 0 Å². The summed E-state index contributed by atoms with van der Waals surface area (Å²) in [6.07, 6.45) is 3.24. The maximum Gasteiger partial charge on any atom is 0.239 e. The van der Waals surface area contributed by atoms with Crippen LogP contribution in [0.3, 0.4) is 0 Å². The van der Waals surface area contributed by atoms with Crippen LogP contribution in [-0.4, -0.2) is 48.0 Å². The summed E-state index contributed by atoms with van der Waals surface area (Å²) in [6.45, 7) is 2.82. The molecule has 1 heterocycles. The maximum absolute atomic E-state index is 11.2. The molecule has 0 fully saturated rings. The number of anilines is 1. The summed E-state index contributed by atoms with van der Waals surface area (Å²) in [5.74, 6) is 1.85. The highest BCUT2D eigenvalue weighted by Gasteiger charge is 2.08. The number of carbonyl (C=O) groups is 1. The quantitative estimate of drug-likeness (QED) is 0.773. The van der Waals surface area contributed by atoms with Gasteiger partial charge in [-0.3, -0.25) is 9.78 Å². The minimum Gasteiger partial charge on any atom is -0.437 e. The lowest BCUT2D eigenvalue weighted by Gasteiger charge is -2.22. The molecule has 0 N–H and O–H groups in total. The molecule has 0 saturated heterocycles. The largest absolute Gasteiger partial charge is 0.437 e. The molecule has 1 aromatic carbocycles. The number of carbonyl (C=O) groups excluding carboxylic acids is 1. The Bertz CT molecular complexity index is 663. The van der Waals surface area contributed by atoms with Crippen molar-refractivity contribution in [1.82, 2.24) is 14.9 Å². The normalized spacial score (nSPS) is 10.3. The lowest BCUT2D eigenvalue weighted by atomic mass is 10.3. The fraction of sp³-hybridized carbons (Fsp3) is 0.312. The lowest BCUT2D eigenvalue weighted by Crippen LogP contribution is -2.33. The van der Waals surface area contributed by atoms with Gasteiger partial charge in [0.1, 0.15) is 5.75 Å². The summed E-state index contributed by atoms with van der Waals surface area (Å²) in [7, 11) is 3.68. The van der Waals surface area contributed by atoms with Gasteiger partial charge in [-0.05, 0) is 24.3 Å². The van der Waals surface area contributed by atoms with Gasteiger partial charge in [-0.15, -0.1) is 0 Å². The molecule has 0 atom stereocenters. The van der Waals surface area contributed by atoms with Crippen molar-refractivity contribution in [1.29, 1.82) is 0 Å². The van der Waals surface area contributed by atoms with E-state index in [1.54, 1.807) is 31.3 Å². The average Bonchev–Trinajstić information content (AvgIpc) is 2.54. The van der Waals surface area contributed by atoms with E-state index in [1.807, 2.05) is 36.2 Å². The molecule has 0 aliphatic carbocycles. The summed E-state index contributed by atoms with van der Waals surface area (Å²) in [5, 5.41) is 0. The molecule has 2 rings (SSSR count). The van der Waals surface area contributed by atoms with E-state index in [1.165, 1.54) is 0 Å². The summed E-state index contributed by atoms with van der Waals surface area (Å²) in [5.41, 5.74) is 0. The zero-order chi connectivity index (χ0) is 16.8. The fourth-order valence-corrected chi connectivity index (χ4v) is 2.03. The van der Waals surface area contributed by atoms with Crippen LogP contribution in [-0.2, 0) is 4.79 Å².